The van der Waals surface area contributed by atoms with E-state index >= 15 is 0 Å². The topological polar surface area (TPSA) is 43.8 Å². The number of hydrogen-bond acceptors (Lipinski definition) is 3. The standard InChI is InChI=1S/C23H28N2O2/c26-21-10-8-19(9-11-21)20-12-15-24(16-13-20)22-7-4-14-25(23(22)27)17-18-5-2-1-3-6-18/h1-3,5-6,8-11,20,22,26H,4,7,12-17H2. The molecule has 0 spiro atoms. The van der Waals surface area contributed by atoms with Crippen molar-refractivity contribution in [2.45, 2.75) is 44.2 Å². The van der Waals surface area contributed by atoms with Crippen LogP contribution in [0.3, 0.4) is 0 Å². The van der Waals surface area contributed by atoms with Gasteiger partial charge in [0.05, 0.1) is 6.04 Å². The molecule has 4 nitrogen and oxygen atoms in total. The Bertz CT molecular complexity index is 752. The maximum absolute atomic E-state index is 13.1. The maximum atomic E-state index is 13.1. The molecule has 2 heterocycles. The summed E-state index contributed by atoms with van der Waals surface area (Å²) in [4.78, 5) is 17.5. The van der Waals surface area contributed by atoms with Crippen LogP contribution < -0.4 is 0 Å². The molecule has 142 valence electrons. The molecule has 0 radical (unpaired) electrons. The van der Waals surface area contributed by atoms with Crippen LogP contribution in [-0.2, 0) is 11.3 Å². The van der Waals surface area contributed by atoms with E-state index in [9.17, 15) is 9.90 Å². The Morgan fingerprint density at radius 2 is 1.59 bits per heavy atom. The largest absolute Gasteiger partial charge is 0.508 e. The Morgan fingerprint density at radius 1 is 0.889 bits per heavy atom. The minimum Gasteiger partial charge on any atom is -0.508 e. The number of likely N-dealkylation sites (tertiary alicyclic amines) is 2. The van der Waals surface area contributed by atoms with Gasteiger partial charge >= 0.3 is 0 Å². The second-order valence-electron chi connectivity index (χ2n) is 7.81. The molecule has 0 aliphatic carbocycles. The summed E-state index contributed by atoms with van der Waals surface area (Å²) in [5.41, 5.74) is 2.51. The van der Waals surface area contributed by atoms with Crippen LogP contribution in [0.1, 0.15) is 42.7 Å². The van der Waals surface area contributed by atoms with Gasteiger partial charge in [0, 0.05) is 13.1 Å². The first-order valence-electron chi connectivity index (χ1n) is 10.1. The third-order valence-electron chi connectivity index (χ3n) is 6.05. The average molecular weight is 364 g/mol. The summed E-state index contributed by atoms with van der Waals surface area (Å²) in [7, 11) is 0. The van der Waals surface area contributed by atoms with E-state index in [0.29, 0.717) is 17.6 Å². The van der Waals surface area contributed by atoms with Gasteiger partial charge in [-0.1, -0.05) is 42.5 Å². The van der Waals surface area contributed by atoms with Gasteiger partial charge in [-0.2, -0.15) is 0 Å². The lowest BCUT2D eigenvalue weighted by Gasteiger charge is -2.41. The number of benzene rings is 2. The van der Waals surface area contributed by atoms with Crippen molar-refractivity contribution in [1.29, 1.82) is 0 Å². The van der Waals surface area contributed by atoms with Crippen molar-refractivity contribution in [2.75, 3.05) is 19.6 Å². The van der Waals surface area contributed by atoms with Crippen LogP contribution in [0.5, 0.6) is 5.75 Å². The first kappa shape index (κ1) is 18.1. The van der Waals surface area contributed by atoms with Gasteiger partial charge in [-0.25, -0.2) is 0 Å². The third-order valence-corrected chi connectivity index (χ3v) is 6.05. The lowest BCUT2D eigenvalue weighted by Crippen LogP contribution is -2.53. The van der Waals surface area contributed by atoms with Crippen molar-refractivity contribution in [3.05, 3.63) is 65.7 Å². The SMILES string of the molecule is O=C1C(N2CCC(c3ccc(O)cc3)CC2)CCCN1Cc1ccccc1. The van der Waals surface area contributed by atoms with E-state index in [-0.39, 0.29) is 6.04 Å². The Balaban J connectivity index is 1.36. The van der Waals surface area contributed by atoms with Crippen LogP contribution in [0.25, 0.3) is 0 Å². The molecule has 2 aliphatic heterocycles. The molecule has 1 unspecified atom stereocenters. The van der Waals surface area contributed by atoms with Crippen LogP contribution in [0.15, 0.2) is 54.6 Å². The molecular formula is C23H28N2O2. The van der Waals surface area contributed by atoms with E-state index in [2.05, 4.69) is 17.0 Å². The minimum absolute atomic E-state index is 0.0447. The van der Waals surface area contributed by atoms with Gasteiger partial charge in [0.25, 0.3) is 0 Å². The fraction of sp³-hybridized carbons (Fsp3) is 0.435. The van der Waals surface area contributed by atoms with Gasteiger partial charge in [-0.05, 0) is 68.0 Å². The molecule has 0 bridgehead atoms. The van der Waals surface area contributed by atoms with Crippen molar-refractivity contribution in [1.82, 2.24) is 9.80 Å². The van der Waals surface area contributed by atoms with Crippen LogP contribution in [0.4, 0.5) is 0 Å². The molecule has 2 saturated heterocycles. The summed E-state index contributed by atoms with van der Waals surface area (Å²) in [6.07, 6.45) is 4.22. The number of phenols is 1. The van der Waals surface area contributed by atoms with Gasteiger partial charge in [-0.3, -0.25) is 9.69 Å². The summed E-state index contributed by atoms with van der Waals surface area (Å²) in [5.74, 6) is 1.15. The van der Waals surface area contributed by atoms with Gasteiger partial charge < -0.3 is 10.0 Å². The number of carbonyl (C=O) groups excluding carboxylic acids is 1. The zero-order valence-electron chi connectivity index (χ0n) is 15.8. The number of carbonyl (C=O) groups is 1. The Morgan fingerprint density at radius 3 is 2.30 bits per heavy atom. The molecule has 2 aliphatic rings. The summed E-state index contributed by atoms with van der Waals surface area (Å²) < 4.78 is 0. The highest BCUT2D eigenvalue weighted by Gasteiger charge is 2.35. The highest BCUT2D eigenvalue weighted by molar-refractivity contribution is 5.82. The van der Waals surface area contributed by atoms with Crippen molar-refractivity contribution in [3.8, 4) is 5.75 Å². The highest BCUT2D eigenvalue weighted by Crippen LogP contribution is 2.31. The molecule has 2 aromatic carbocycles. The molecule has 1 atom stereocenters. The lowest BCUT2D eigenvalue weighted by molar-refractivity contribution is -0.141. The van der Waals surface area contributed by atoms with Crippen LogP contribution in [0.2, 0.25) is 0 Å². The Hall–Kier alpha value is -2.33. The molecule has 1 amide bonds. The molecule has 1 N–H and O–H groups in total. The van der Waals surface area contributed by atoms with Crippen LogP contribution >= 0.6 is 0 Å². The minimum atomic E-state index is 0.0447. The van der Waals surface area contributed by atoms with E-state index in [1.54, 1.807) is 12.1 Å². The maximum Gasteiger partial charge on any atom is 0.240 e. The number of aromatic hydroxyl groups is 1. The number of phenolic OH excluding ortho intramolecular Hbond substituents is 1. The first-order chi connectivity index (χ1) is 13.2. The van der Waals surface area contributed by atoms with Crippen molar-refractivity contribution in [3.63, 3.8) is 0 Å². The summed E-state index contributed by atoms with van der Waals surface area (Å²) in [6.45, 7) is 3.54. The van der Waals surface area contributed by atoms with E-state index in [1.165, 1.54) is 11.1 Å². The normalized spacial score (nSPS) is 22.1. The Kier molecular flexibility index (Phi) is 5.44. The Labute approximate surface area is 161 Å². The van der Waals surface area contributed by atoms with E-state index < -0.39 is 0 Å². The second kappa shape index (κ2) is 8.13. The van der Waals surface area contributed by atoms with Crippen LogP contribution in [0, 0.1) is 0 Å². The van der Waals surface area contributed by atoms with Crippen molar-refractivity contribution < 1.29 is 9.90 Å². The molecule has 2 aromatic rings. The molecule has 27 heavy (non-hydrogen) atoms. The van der Waals surface area contributed by atoms with Crippen LogP contribution in [-0.4, -0.2) is 46.5 Å². The van der Waals surface area contributed by atoms with Crippen molar-refractivity contribution in [2.24, 2.45) is 0 Å². The number of hydrogen-bond donors (Lipinski definition) is 1. The van der Waals surface area contributed by atoms with Gasteiger partial charge in [0.15, 0.2) is 0 Å². The fourth-order valence-electron chi connectivity index (χ4n) is 4.51. The van der Waals surface area contributed by atoms with Gasteiger partial charge in [0.2, 0.25) is 5.91 Å². The number of amides is 1. The van der Waals surface area contributed by atoms with Gasteiger partial charge in [-0.15, -0.1) is 0 Å². The molecule has 2 fully saturated rings. The zero-order chi connectivity index (χ0) is 18.6. The summed E-state index contributed by atoms with van der Waals surface area (Å²) in [5, 5.41) is 9.48. The fourth-order valence-corrected chi connectivity index (χ4v) is 4.51. The number of piperidine rings is 2. The number of rotatable bonds is 4. The predicted molar refractivity (Wildman–Crippen MR) is 107 cm³/mol. The summed E-state index contributed by atoms with van der Waals surface area (Å²) >= 11 is 0. The highest BCUT2D eigenvalue weighted by atomic mass is 16.3. The monoisotopic (exact) mass is 364 g/mol. The molecule has 0 aromatic heterocycles. The molecule has 0 saturated carbocycles. The smallest absolute Gasteiger partial charge is 0.240 e. The second-order valence-corrected chi connectivity index (χ2v) is 7.81. The van der Waals surface area contributed by atoms with Gasteiger partial charge in [0.1, 0.15) is 5.75 Å². The number of nitrogens with zero attached hydrogens (tertiary/aromatic N) is 2. The lowest BCUT2D eigenvalue weighted by atomic mass is 9.88. The summed E-state index contributed by atoms with van der Waals surface area (Å²) in [6, 6.07) is 17.9. The predicted octanol–water partition coefficient (Wildman–Crippen LogP) is 3.76. The zero-order valence-corrected chi connectivity index (χ0v) is 15.8. The quantitative estimate of drug-likeness (QED) is 0.898. The molecular weight excluding hydrogens is 336 g/mol. The van der Waals surface area contributed by atoms with E-state index in [4.69, 9.17) is 0 Å². The molecule has 4 heteroatoms. The first-order valence-corrected chi connectivity index (χ1v) is 10.1. The molecule has 4 rings (SSSR count). The average Bonchev–Trinajstić information content (AvgIpc) is 2.71. The third kappa shape index (κ3) is 4.16. The van der Waals surface area contributed by atoms with E-state index in [0.717, 1.165) is 51.9 Å². The van der Waals surface area contributed by atoms with E-state index in [1.807, 2.05) is 35.2 Å². The van der Waals surface area contributed by atoms with Crippen molar-refractivity contribution >= 4 is 5.91 Å².